The Bertz CT molecular complexity index is 423. The van der Waals surface area contributed by atoms with Crippen LogP contribution in [-0.2, 0) is 0 Å². The molecule has 0 aromatic carbocycles. The first-order valence-corrected chi connectivity index (χ1v) is 6.78. The average molecular weight is 252 g/mol. The number of nitrogens with one attached hydrogen (secondary N) is 1. The standard InChI is InChI=1S/C11H16N4OS/c1-3-13-11(6-12,9-4-5-9)7-17-10-15-14-8(2)16-10/h9,13H,3-5,7H2,1-2H3. The van der Waals surface area contributed by atoms with Crippen LogP contribution in [0.25, 0.3) is 0 Å². The number of aryl methyl sites for hydroxylation is 1. The smallest absolute Gasteiger partial charge is 0.276 e. The third-order valence-electron chi connectivity index (χ3n) is 2.90. The zero-order valence-electron chi connectivity index (χ0n) is 10.1. The number of nitriles is 1. The number of hydrogen-bond acceptors (Lipinski definition) is 6. The lowest BCUT2D eigenvalue weighted by Crippen LogP contribution is -2.48. The van der Waals surface area contributed by atoms with E-state index in [1.54, 1.807) is 6.92 Å². The molecule has 17 heavy (non-hydrogen) atoms. The van der Waals surface area contributed by atoms with Crippen LogP contribution in [-0.4, -0.2) is 28.0 Å². The van der Waals surface area contributed by atoms with Gasteiger partial charge in [-0.1, -0.05) is 18.7 Å². The molecule has 1 aliphatic carbocycles. The van der Waals surface area contributed by atoms with Gasteiger partial charge in [-0.25, -0.2) is 0 Å². The summed E-state index contributed by atoms with van der Waals surface area (Å²) in [7, 11) is 0. The SMILES string of the molecule is CCNC(C#N)(CSc1nnc(C)o1)C1CC1. The van der Waals surface area contributed by atoms with E-state index >= 15 is 0 Å². The fraction of sp³-hybridized carbons (Fsp3) is 0.727. The summed E-state index contributed by atoms with van der Waals surface area (Å²) in [6.45, 7) is 4.59. The molecule has 1 unspecified atom stereocenters. The highest BCUT2D eigenvalue weighted by atomic mass is 32.2. The van der Waals surface area contributed by atoms with E-state index in [4.69, 9.17) is 4.42 Å². The molecule has 1 heterocycles. The highest BCUT2D eigenvalue weighted by Gasteiger charge is 2.45. The summed E-state index contributed by atoms with van der Waals surface area (Å²) in [4.78, 5) is 0. The Morgan fingerprint density at radius 1 is 1.59 bits per heavy atom. The van der Waals surface area contributed by atoms with Crippen LogP contribution in [0.4, 0.5) is 0 Å². The zero-order chi connectivity index (χ0) is 12.3. The lowest BCUT2D eigenvalue weighted by Gasteiger charge is -2.26. The largest absolute Gasteiger partial charge is 0.416 e. The van der Waals surface area contributed by atoms with Crippen LogP contribution < -0.4 is 5.32 Å². The van der Waals surface area contributed by atoms with Crippen molar-refractivity contribution in [1.82, 2.24) is 15.5 Å². The van der Waals surface area contributed by atoms with Crippen LogP contribution in [0.2, 0.25) is 0 Å². The number of aromatic nitrogens is 2. The van der Waals surface area contributed by atoms with E-state index < -0.39 is 5.54 Å². The molecule has 0 saturated heterocycles. The van der Waals surface area contributed by atoms with Gasteiger partial charge in [0.05, 0.1) is 6.07 Å². The minimum atomic E-state index is -0.443. The maximum absolute atomic E-state index is 9.41. The van der Waals surface area contributed by atoms with E-state index in [1.807, 2.05) is 6.92 Å². The van der Waals surface area contributed by atoms with Gasteiger partial charge in [-0.2, -0.15) is 5.26 Å². The number of nitrogens with zero attached hydrogens (tertiary/aromatic N) is 3. The first-order valence-electron chi connectivity index (χ1n) is 5.79. The van der Waals surface area contributed by atoms with Gasteiger partial charge in [-0.15, -0.1) is 10.2 Å². The molecule has 1 fully saturated rings. The lowest BCUT2D eigenvalue weighted by molar-refractivity contribution is 0.407. The number of rotatable bonds is 6. The summed E-state index contributed by atoms with van der Waals surface area (Å²) in [5, 5.41) is 21.0. The Balaban J connectivity index is 2.00. The van der Waals surface area contributed by atoms with Gasteiger partial charge < -0.3 is 4.42 Å². The van der Waals surface area contributed by atoms with Gasteiger partial charge in [0, 0.05) is 12.7 Å². The second-order valence-corrected chi connectivity index (χ2v) is 5.19. The monoisotopic (exact) mass is 252 g/mol. The van der Waals surface area contributed by atoms with Gasteiger partial charge in [0.2, 0.25) is 5.89 Å². The molecule has 5 nitrogen and oxygen atoms in total. The second kappa shape index (κ2) is 5.07. The Labute approximate surface area is 105 Å². The molecular weight excluding hydrogens is 236 g/mol. The molecule has 1 aromatic rings. The third-order valence-corrected chi connectivity index (χ3v) is 3.91. The Hall–Kier alpha value is -1.06. The highest BCUT2D eigenvalue weighted by molar-refractivity contribution is 7.99. The summed E-state index contributed by atoms with van der Waals surface area (Å²) in [6.07, 6.45) is 2.26. The topological polar surface area (TPSA) is 74.7 Å². The Kier molecular flexibility index (Phi) is 3.69. The van der Waals surface area contributed by atoms with Crippen molar-refractivity contribution in [2.75, 3.05) is 12.3 Å². The van der Waals surface area contributed by atoms with E-state index in [0.29, 0.717) is 22.8 Å². The van der Waals surface area contributed by atoms with Crippen molar-refractivity contribution in [3.63, 3.8) is 0 Å². The summed E-state index contributed by atoms with van der Waals surface area (Å²) < 4.78 is 5.31. The van der Waals surface area contributed by atoms with Gasteiger partial charge in [0.1, 0.15) is 5.54 Å². The molecule has 0 amide bonds. The van der Waals surface area contributed by atoms with Gasteiger partial charge >= 0.3 is 0 Å². The summed E-state index contributed by atoms with van der Waals surface area (Å²) in [5.74, 6) is 1.68. The molecule has 0 aliphatic heterocycles. The normalized spacial score (nSPS) is 18.6. The molecule has 0 radical (unpaired) electrons. The van der Waals surface area contributed by atoms with Crippen LogP contribution >= 0.6 is 11.8 Å². The summed E-state index contributed by atoms with van der Waals surface area (Å²) >= 11 is 1.46. The van der Waals surface area contributed by atoms with Crippen LogP contribution in [0.5, 0.6) is 0 Å². The van der Waals surface area contributed by atoms with E-state index in [0.717, 1.165) is 19.4 Å². The molecule has 1 atom stereocenters. The Morgan fingerprint density at radius 2 is 2.35 bits per heavy atom. The summed E-state index contributed by atoms with van der Waals surface area (Å²) in [6, 6.07) is 2.43. The minimum Gasteiger partial charge on any atom is -0.416 e. The van der Waals surface area contributed by atoms with Crippen molar-refractivity contribution in [3.8, 4) is 6.07 Å². The first-order chi connectivity index (χ1) is 8.20. The van der Waals surface area contributed by atoms with Gasteiger partial charge in [-0.3, -0.25) is 5.32 Å². The zero-order valence-corrected chi connectivity index (χ0v) is 10.9. The molecule has 92 valence electrons. The van der Waals surface area contributed by atoms with E-state index in [-0.39, 0.29) is 0 Å². The molecule has 2 rings (SSSR count). The molecule has 1 aliphatic rings. The number of hydrogen-bond donors (Lipinski definition) is 1. The summed E-state index contributed by atoms with van der Waals surface area (Å²) in [5.41, 5.74) is -0.443. The van der Waals surface area contributed by atoms with Crippen molar-refractivity contribution in [1.29, 1.82) is 5.26 Å². The molecular formula is C11H16N4OS. The predicted molar refractivity (Wildman–Crippen MR) is 64.5 cm³/mol. The van der Waals surface area contributed by atoms with Crippen molar-refractivity contribution < 1.29 is 4.42 Å². The molecule has 1 saturated carbocycles. The quantitative estimate of drug-likeness (QED) is 0.777. The van der Waals surface area contributed by atoms with Crippen molar-refractivity contribution >= 4 is 11.8 Å². The molecule has 0 bridgehead atoms. The van der Waals surface area contributed by atoms with E-state index in [9.17, 15) is 5.26 Å². The van der Waals surface area contributed by atoms with Crippen molar-refractivity contribution in [2.24, 2.45) is 5.92 Å². The van der Waals surface area contributed by atoms with Crippen LogP contribution in [0.15, 0.2) is 9.64 Å². The van der Waals surface area contributed by atoms with E-state index in [2.05, 4.69) is 21.6 Å². The molecule has 1 aromatic heterocycles. The third kappa shape index (κ3) is 2.79. The highest BCUT2D eigenvalue weighted by Crippen LogP contribution is 2.41. The fourth-order valence-corrected chi connectivity index (χ4v) is 2.91. The second-order valence-electron chi connectivity index (χ2n) is 4.26. The van der Waals surface area contributed by atoms with Gasteiger partial charge in [0.15, 0.2) is 0 Å². The van der Waals surface area contributed by atoms with E-state index in [1.165, 1.54) is 11.8 Å². The van der Waals surface area contributed by atoms with Crippen molar-refractivity contribution in [3.05, 3.63) is 5.89 Å². The Morgan fingerprint density at radius 3 is 2.82 bits per heavy atom. The molecule has 1 N–H and O–H groups in total. The van der Waals surface area contributed by atoms with Gasteiger partial charge in [0.25, 0.3) is 5.22 Å². The molecule has 0 spiro atoms. The molecule has 6 heteroatoms. The van der Waals surface area contributed by atoms with Crippen molar-refractivity contribution in [2.45, 2.75) is 37.5 Å². The van der Waals surface area contributed by atoms with Crippen LogP contribution in [0.3, 0.4) is 0 Å². The average Bonchev–Trinajstić information content (AvgIpc) is 3.09. The van der Waals surface area contributed by atoms with Gasteiger partial charge in [-0.05, 0) is 25.3 Å². The minimum absolute atomic E-state index is 0.443. The maximum Gasteiger partial charge on any atom is 0.276 e. The maximum atomic E-state index is 9.41. The number of thioether (sulfide) groups is 1. The lowest BCUT2D eigenvalue weighted by atomic mass is 9.98. The predicted octanol–water partition coefficient (Wildman–Crippen LogP) is 1.75. The fourth-order valence-electron chi connectivity index (χ4n) is 1.88. The van der Waals surface area contributed by atoms with Crippen LogP contribution in [0.1, 0.15) is 25.7 Å². The van der Waals surface area contributed by atoms with Crippen LogP contribution in [0, 0.1) is 24.2 Å². The first kappa shape index (κ1) is 12.4.